The Morgan fingerprint density at radius 1 is 1.05 bits per heavy atom. The third-order valence-corrected chi connectivity index (χ3v) is 7.79. The Bertz CT molecular complexity index is 1610. The van der Waals surface area contributed by atoms with Crippen LogP contribution in [0.3, 0.4) is 0 Å². The number of fused-ring (bicyclic) bond motifs is 1. The second-order valence-corrected chi connectivity index (χ2v) is 10.7. The summed E-state index contributed by atoms with van der Waals surface area (Å²) in [5, 5.41) is 37.2. The predicted octanol–water partition coefficient (Wildman–Crippen LogP) is 6.29. The highest BCUT2D eigenvalue weighted by Crippen LogP contribution is 2.45. The van der Waals surface area contributed by atoms with Crippen molar-refractivity contribution in [2.24, 2.45) is 0 Å². The van der Waals surface area contributed by atoms with E-state index in [4.69, 9.17) is 26.6 Å². The van der Waals surface area contributed by atoms with Crippen LogP contribution in [0.1, 0.15) is 47.9 Å². The average Bonchev–Trinajstić information content (AvgIpc) is 3.05. The quantitative estimate of drug-likeness (QED) is 0.0969. The highest BCUT2D eigenvalue weighted by atomic mass is 35.5. The van der Waals surface area contributed by atoms with Crippen molar-refractivity contribution in [3.63, 3.8) is 0 Å². The number of nitriles is 1. The number of benzene rings is 3. The molecule has 0 amide bonds. The van der Waals surface area contributed by atoms with Crippen molar-refractivity contribution in [3.8, 4) is 23.8 Å². The van der Waals surface area contributed by atoms with Gasteiger partial charge in [0.2, 0.25) is 5.88 Å². The van der Waals surface area contributed by atoms with Gasteiger partial charge < -0.3 is 9.84 Å². The summed E-state index contributed by atoms with van der Waals surface area (Å²) >= 11 is 6.21. The number of aromatic nitrogens is 1. The molecule has 0 spiro atoms. The lowest BCUT2D eigenvalue weighted by Crippen LogP contribution is -2.48. The van der Waals surface area contributed by atoms with Gasteiger partial charge >= 0.3 is 0 Å². The molecule has 0 radical (unpaired) electrons. The Morgan fingerprint density at radius 3 is 2.41 bits per heavy atom. The van der Waals surface area contributed by atoms with Crippen molar-refractivity contribution in [3.05, 3.63) is 106 Å². The second kappa shape index (κ2) is 16.2. The minimum atomic E-state index is -1.00. The number of halogens is 1. The number of ether oxygens (including phenoxy) is 1. The van der Waals surface area contributed by atoms with Gasteiger partial charge in [0, 0.05) is 41.5 Å². The highest BCUT2D eigenvalue weighted by molar-refractivity contribution is 6.30. The zero-order valence-corrected chi connectivity index (χ0v) is 25.3. The number of pyridine rings is 1. The van der Waals surface area contributed by atoms with Crippen LogP contribution in [0, 0.1) is 23.2 Å². The van der Waals surface area contributed by atoms with E-state index >= 15 is 0 Å². The molecule has 2 heterocycles. The standard InChI is InChI=1S/C30H28ClN3O2.C4H6O4/c1-36-29-26(18-24-17-22(19-32)7-12-27(24)33-29)28(23-8-10-25(31)11-9-23)30(35)13-15-34(16-14-30)20-21-5-3-2-4-6-21;1-2-3-4-6-8-7-5/h2-12,17-18,28,35H,13-16,20H2,1H3;5H,4H2,1H3. The summed E-state index contributed by atoms with van der Waals surface area (Å²) in [4.78, 5) is 11.2. The molecule has 1 aromatic heterocycles. The van der Waals surface area contributed by atoms with Crippen LogP contribution in [0.5, 0.6) is 5.88 Å². The van der Waals surface area contributed by atoms with Gasteiger partial charge in [0.15, 0.2) is 0 Å². The lowest BCUT2D eigenvalue weighted by Gasteiger charge is -2.43. The lowest BCUT2D eigenvalue weighted by molar-refractivity contribution is -0.620. The zero-order valence-electron chi connectivity index (χ0n) is 24.6. The van der Waals surface area contributed by atoms with E-state index in [1.807, 2.05) is 48.5 Å². The predicted molar refractivity (Wildman–Crippen MR) is 166 cm³/mol. The van der Waals surface area contributed by atoms with Crippen molar-refractivity contribution in [2.45, 2.75) is 37.8 Å². The van der Waals surface area contributed by atoms with Crippen LogP contribution in [0.4, 0.5) is 0 Å². The Balaban J connectivity index is 0.000000488. The van der Waals surface area contributed by atoms with E-state index in [9.17, 15) is 10.4 Å². The number of likely N-dealkylation sites (tertiary alicyclic amines) is 1. The number of piperidine rings is 1. The molecular formula is C34H34ClN3O6. The minimum Gasteiger partial charge on any atom is -0.481 e. The fourth-order valence-corrected chi connectivity index (χ4v) is 5.55. The summed E-state index contributed by atoms with van der Waals surface area (Å²) < 4.78 is 5.75. The van der Waals surface area contributed by atoms with Crippen LogP contribution in [0.25, 0.3) is 10.9 Å². The summed E-state index contributed by atoms with van der Waals surface area (Å²) in [6, 6.07) is 27.7. The molecule has 4 aromatic rings. The maximum absolute atomic E-state index is 12.2. The van der Waals surface area contributed by atoms with Crippen LogP contribution in [-0.4, -0.2) is 52.7 Å². The third-order valence-electron chi connectivity index (χ3n) is 7.54. The summed E-state index contributed by atoms with van der Waals surface area (Å²) in [6.45, 7) is 4.15. The Labute approximate surface area is 261 Å². The maximum Gasteiger partial charge on any atom is 0.217 e. The molecule has 0 saturated carbocycles. The van der Waals surface area contributed by atoms with Gasteiger partial charge in [-0.15, -0.1) is 5.92 Å². The number of aliphatic hydroxyl groups is 1. The summed E-state index contributed by atoms with van der Waals surface area (Å²) in [7, 11) is 1.60. The van der Waals surface area contributed by atoms with E-state index in [0.717, 1.165) is 41.7 Å². The summed E-state index contributed by atoms with van der Waals surface area (Å²) in [5.41, 5.74) is 3.34. The number of hydrogen-bond acceptors (Lipinski definition) is 9. The van der Waals surface area contributed by atoms with Gasteiger partial charge in [-0.25, -0.2) is 10.2 Å². The smallest absolute Gasteiger partial charge is 0.217 e. The van der Waals surface area contributed by atoms with Gasteiger partial charge in [-0.05, 0) is 77.4 Å². The molecule has 10 heteroatoms. The summed E-state index contributed by atoms with van der Waals surface area (Å²) in [6.07, 6.45) is 1.21. The van der Waals surface area contributed by atoms with E-state index in [1.165, 1.54) is 5.56 Å². The number of nitrogens with zero attached hydrogens (tertiary/aromatic N) is 3. The first kappa shape index (κ1) is 32.9. The van der Waals surface area contributed by atoms with Crippen molar-refractivity contribution in [1.29, 1.82) is 5.26 Å². The molecule has 0 bridgehead atoms. The Morgan fingerprint density at radius 2 is 1.77 bits per heavy atom. The molecule has 2 N–H and O–H groups in total. The van der Waals surface area contributed by atoms with Gasteiger partial charge in [-0.3, -0.25) is 4.90 Å². The van der Waals surface area contributed by atoms with Crippen LogP contribution in [0.2, 0.25) is 5.02 Å². The zero-order chi connectivity index (χ0) is 31.4. The molecular weight excluding hydrogens is 582 g/mol. The van der Waals surface area contributed by atoms with Crippen molar-refractivity contribution in [1.82, 2.24) is 9.88 Å². The van der Waals surface area contributed by atoms with Crippen LogP contribution in [-0.2, 0) is 21.5 Å². The molecule has 1 saturated heterocycles. The lowest BCUT2D eigenvalue weighted by atomic mass is 9.72. The first-order valence-electron chi connectivity index (χ1n) is 14.0. The third kappa shape index (κ3) is 8.54. The monoisotopic (exact) mass is 615 g/mol. The molecule has 5 rings (SSSR count). The van der Waals surface area contributed by atoms with Gasteiger partial charge in [0.05, 0.1) is 29.9 Å². The van der Waals surface area contributed by atoms with Gasteiger partial charge in [-0.1, -0.05) is 60.0 Å². The van der Waals surface area contributed by atoms with Crippen LogP contribution >= 0.6 is 11.6 Å². The topological polar surface area (TPSA) is 117 Å². The SMILES string of the molecule is CC#CCOOOO.COc1nc2ccc(C#N)cc2cc1C(c1ccc(Cl)cc1)C1(O)CCN(Cc2ccccc2)CC1. The molecule has 228 valence electrons. The molecule has 9 nitrogen and oxygen atoms in total. The molecule has 1 unspecified atom stereocenters. The maximum atomic E-state index is 12.2. The van der Waals surface area contributed by atoms with E-state index in [0.29, 0.717) is 29.3 Å². The van der Waals surface area contributed by atoms with E-state index in [2.05, 4.69) is 62.0 Å². The fraction of sp³-hybridized carbons (Fsp3) is 0.294. The van der Waals surface area contributed by atoms with Gasteiger partial charge in [0.25, 0.3) is 0 Å². The van der Waals surface area contributed by atoms with Gasteiger partial charge in [-0.2, -0.15) is 10.1 Å². The molecule has 3 aromatic carbocycles. The Kier molecular flexibility index (Phi) is 12.1. The number of hydrogen-bond donors (Lipinski definition) is 2. The van der Waals surface area contributed by atoms with Crippen molar-refractivity contribution < 1.29 is 30.1 Å². The first-order valence-corrected chi connectivity index (χ1v) is 14.4. The normalized spacial score (nSPS) is 14.8. The number of methoxy groups -OCH3 is 1. The highest BCUT2D eigenvalue weighted by Gasteiger charge is 2.43. The van der Waals surface area contributed by atoms with E-state index < -0.39 is 5.60 Å². The second-order valence-electron chi connectivity index (χ2n) is 10.3. The molecule has 1 atom stereocenters. The van der Waals surface area contributed by atoms with Crippen molar-refractivity contribution >= 4 is 22.5 Å². The van der Waals surface area contributed by atoms with Crippen LogP contribution < -0.4 is 4.74 Å². The Hall–Kier alpha value is -4.03. The largest absolute Gasteiger partial charge is 0.481 e. The molecule has 1 fully saturated rings. The minimum absolute atomic E-state index is 0.0804. The number of rotatable bonds is 9. The van der Waals surface area contributed by atoms with E-state index in [-0.39, 0.29) is 12.5 Å². The molecule has 0 aliphatic carbocycles. The molecule has 1 aliphatic heterocycles. The van der Waals surface area contributed by atoms with Gasteiger partial charge in [0.1, 0.15) is 6.61 Å². The van der Waals surface area contributed by atoms with Crippen LogP contribution in [0.15, 0.2) is 78.9 Å². The van der Waals surface area contributed by atoms with Crippen molar-refractivity contribution in [2.75, 3.05) is 26.8 Å². The fourth-order valence-electron chi connectivity index (χ4n) is 5.43. The van der Waals surface area contributed by atoms with E-state index in [1.54, 1.807) is 20.1 Å². The first-order chi connectivity index (χ1) is 21.4. The molecule has 1 aliphatic rings. The summed E-state index contributed by atoms with van der Waals surface area (Å²) in [5.74, 6) is 5.14. The average molecular weight is 616 g/mol. The molecule has 44 heavy (non-hydrogen) atoms.